The minimum absolute atomic E-state index is 0.0379. The average molecular weight is 510 g/mol. The second kappa shape index (κ2) is 10.6. The molecular formula is C26H43N3O7. The number of nitrogens with zero attached hydrogens (tertiary/aromatic N) is 2. The maximum absolute atomic E-state index is 14.1. The number of esters is 1. The van der Waals surface area contributed by atoms with E-state index in [9.17, 15) is 19.5 Å². The number of ether oxygens (including phenoxy) is 3. The van der Waals surface area contributed by atoms with Crippen molar-refractivity contribution in [2.75, 3.05) is 52.6 Å². The summed E-state index contributed by atoms with van der Waals surface area (Å²) in [5, 5.41) is 13.4. The molecule has 0 aromatic rings. The molecule has 204 valence electrons. The standard InChI is InChI=1S/C26H43N3O7/c1-6-16(3)18(15-30)29-21(22(31)27-8-9-28-10-12-34-13-11-28)26-14-17(4)25(5,36-26)20(19(26)23(29)32)24(33)35-7-2/h16-21,30H,6-15H2,1-5H3,(H,27,31)/t16-,17?,18-,19-,20+,21?,25-,26?/m0/s1. The molecule has 4 rings (SSSR count). The molecule has 10 heteroatoms. The summed E-state index contributed by atoms with van der Waals surface area (Å²) in [5.74, 6) is -2.73. The van der Waals surface area contributed by atoms with Gasteiger partial charge in [0, 0.05) is 26.2 Å². The van der Waals surface area contributed by atoms with E-state index in [1.54, 1.807) is 11.8 Å². The van der Waals surface area contributed by atoms with E-state index >= 15 is 0 Å². The largest absolute Gasteiger partial charge is 0.466 e. The van der Waals surface area contributed by atoms with E-state index in [0.717, 1.165) is 19.5 Å². The van der Waals surface area contributed by atoms with Crippen molar-refractivity contribution in [1.82, 2.24) is 15.1 Å². The lowest BCUT2D eigenvalue weighted by Gasteiger charge is -2.39. The molecule has 4 fully saturated rings. The molecule has 8 atom stereocenters. The van der Waals surface area contributed by atoms with Crippen LogP contribution in [-0.4, -0.2) is 109 Å². The lowest BCUT2D eigenvalue weighted by molar-refractivity contribution is -0.162. The molecule has 4 saturated heterocycles. The Bertz CT molecular complexity index is 849. The third kappa shape index (κ3) is 4.23. The Morgan fingerprint density at radius 2 is 1.97 bits per heavy atom. The van der Waals surface area contributed by atoms with Crippen molar-refractivity contribution >= 4 is 17.8 Å². The van der Waals surface area contributed by atoms with Gasteiger partial charge >= 0.3 is 5.97 Å². The molecule has 10 nitrogen and oxygen atoms in total. The molecule has 4 heterocycles. The fourth-order valence-corrected chi connectivity index (χ4v) is 7.00. The predicted molar refractivity (Wildman–Crippen MR) is 131 cm³/mol. The number of hydrogen-bond donors (Lipinski definition) is 2. The summed E-state index contributed by atoms with van der Waals surface area (Å²) in [4.78, 5) is 45.0. The molecule has 2 N–H and O–H groups in total. The molecule has 4 aliphatic rings. The van der Waals surface area contributed by atoms with Crippen molar-refractivity contribution in [3.8, 4) is 0 Å². The fraction of sp³-hybridized carbons (Fsp3) is 0.885. The van der Waals surface area contributed by atoms with Gasteiger partial charge < -0.3 is 29.5 Å². The highest BCUT2D eigenvalue weighted by atomic mass is 16.6. The second-order valence-electron chi connectivity index (χ2n) is 11.1. The van der Waals surface area contributed by atoms with Crippen molar-refractivity contribution in [3.05, 3.63) is 0 Å². The highest BCUT2D eigenvalue weighted by molar-refractivity contribution is 5.98. The van der Waals surface area contributed by atoms with Crippen LogP contribution in [0.25, 0.3) is 0 Å². The summed E-state index contributed by atoms with van der Waals surface area (Å²) in [6.07, 6.45) is 1.22. The lowest BCUT2D eigenvalue weighted by atomic mass is 9.62. The number of likely N-dealkylation sites (tertiary alicyclic amines) is 1. The molecule has 0 saturated carbocycles. The number of aliphatic hydroxyl groups excluding tert-OH is 1. The van der Waals surface area contributed by atoms with Crippen LogP contribution >= 0.6 is 0 Å². The van der Waals surface area contributed by atoms with Crippen molar-refractivity contribution in [3.63, 3.8) is 0 Å². The topological polar surface area (TPSA) is 118 Å². The zero-order valence-electron chi connectivity index (χ0n) is 22.3. The van der Waals surface area contributed by atoms with Gasteiger partial charge in [0.05, 0.1) is 44.0 Å². The van der Waals surface area contributed by atoms with Crippen molar-refractivity contribution in [1.29, 1.82) is 0 Å². The molecule has 2 amide bonds. The Balaban J connectivity index is 1.67. The number of nitrogens with one attached hydrogen (secondary N) is 1. The van der Waals surface area contributed by atoms with Crippen molar-refractivity contribution < 1.29 is 33.7 Å². The normalized spacial score (nSPS) is 37.6. The van der Waals surface area contributed by atoms with Gasteiger partial charge in [-0.2, -0.15) is 0 Å². The van der Waals surface area contributed by atoms with Crippen LogP contribution in [0.1, 0.15) is 47.5 Å². The lowest BCUT2D eigenvalue weighted by Crippen LogP contribution is -2.59. The van der Waals surface area contributed by atoms with E-state index in [1.807, 2.05) is 27.7 Å². The number of hydrogen-bond acceptors (Lipinski definition) is 8. The fourth-order valence-electron chi connectivity index (χ4n) is 7.00. The van der Waals surface area contributed by atoms with E-state index < -0.39 is 41.1 Å². The van der Waals surface area contributed by atoms with Gasteiger partial charge in [-0.25, -0.2) is 0 Å². The van der Waals surface area contributed by atoms with Crippen LogP contribution in [0.15, 0.2) is 0 Å². The first-order chi connectivity index (χ1) is 17.2. The second-order valence-corrected chi connectivity index (χ2v) is 11.1. The highest BCUT2D eigenvalue weighted by Gasteiger charge is 2.80. The molecule has 0 aliphatic carbocycles. The maximum Gasteiger partial charge on any atom is 0.312 e. The molecule has 3 unspecified atom stereocenters. The summed E-state index contributed by atoms with van der Waals surface area (Å²) in [6, 6.07) is -1.47. The first-order valence-corrected chi connectivity index (χ1v) is 13.5. The summed E-state index contributed by atoms with van der Waals surface area (Å²) in [7, 11) is 0. The van der Waals surface area contributed by atoms with E-state index in [2.05, 4.69) is 10.2 Å². The summed E-state index contributed by atoms with van der Waals surface area (Å²) < 4.78 is 17.5. The Kier molecular flexibility index (Phi) is 8.00. The SMILES string of the molecule is CCOC(=O)[C@H]1[C@H]2C(=O)N([C@@H](CO)[C@@H](C)CC)C(C(=O)NCCN3CCOCC3)C23CC(C)[C@]1(C)O3. The molecule has 4 aliphatic heterocycles. The molecule has 0 aromatic heterocycles. The molecule has 1 spiro atoms. The Morgan fingerprint density at radius 3 is 2.58 bits per heavy atom. The van der Waals surface area contributed by atoms with Gasteiger partial charge in [0.15, 0.2) is 0 Å². The number of fused-ring (bicyclic) bond motifs is 1. The van der Waals surface area contributed by atoms with Gasteiger partial charge in [-0.15, -0.1) is 0 Å². The van der Waals surface area contributed by atoms with E-state index in [-0.39, 0.29) is 36.9 Å². The van der Waals surface area contributed by atoms with Crippen LogP contribution in [0, 0.1) is 23.7 Å². The summed E-state index contributed by atoms with van der Waals surface area (Å²) in [6.45, 7) is 13.6. The van der Waals surface area contributed by atoms with Crippen LogP contribution < -0.4 is 5.32 Å². The van der Waals surface area contributed by atoms with Crippen LogP contribution in [-0.2, 0) is 28.6 Å². The smallest absolute Gasteiger partial charge is 0.312 e. The monoisotopic (exact) mass is 509 g/mol. The van der Waals surface area contributed by atoms with Gasteiger partial charge in [0.2, 0.25) is 11.8 Å². The third-order valence-electron chi connectivity index (χ3n) is 9.22. The molecule has 36 heavy (non-hydrogen) atoms. The summed E-state index contributed by atoms with van der Waals surface area (Å²) >= 11 is 0. The number of carbonyl (C=O) groups excluding carboxylic acids is 3. The van der Waals surface area contributed by atoms with Crippen LogP contribution in [0.3, 0.4) is 0 Å². The van der Waals surface area contributed by atoms with Crippen LogP contribution in [0.4, 0.5) is 0 Å². The molecule has 0 aromatic carbocycles. The van der Waals surface area contributed by atoms with Gasteiger partial charge in [0.25, 0.3) is 0 Å². The third-order valence-corrected chi connectivity index (χ3v) is 9.22. The number of amides is 2. The van der Waals surface area contributed by atoms with Gasteiger partial charge in [0.1, 0.15) is 17.6 Å². The molecule has 0 radical (unpaired) electrons. The van der Waals surface area contributed by atoms with Gasteiger partial charge in [-0.05, 0) is 32.1 Å². The van der Waals surface area contributed by atoms with Crippen molar-refractivity contribution in [2.24, 2.45) is 23.7 Å². The highest BCUT2D eigenvalue weighted by Crippen LogP contribution is 2.65. The van der Waals surface area contributed by atoms with Gasteiger partial charge in [-0.1, -0.05) is 27.2 Å². The van der Waals surface area contributed by atoms with Gasteiger partial charge in [-0.3, -0.25) is 19.3 Å². The Morgan fingerprint density at radius 1 is 1.28 bits per heavy atom. The number of morpholine rings is 1. The average Bonchev–Trinajstić information content (AvgIpc) is 3.37. The minimum atomic E-state index is -1.13. The Hall–Kier alpha value is -1.75. The van der Waals surface area contributed by atoms with E-state index in [4.69, 9.17) is 14.2 Å². The maximum atomic E-state index is 14.1. The first-order valence-electron chi connectivity index (χ1n) is 13.5. The Labute approximate surface area is 214 Å². The zero-order valence-corrected chi connectivity index (χ0v) is 22.3. The minimum Gasteiger partial charge on any atom is -0.466 e. The molecular weight excluding hydrogens is 466 g/mol. The number of aliphatic hydroxyl groups is 1. The van der Waals surface area contributed by atoms with E-state index in [0.29, 0.717) is 32.7 Å². The number of rotatable bonds is 10. The van der Waals surface area contributed by atoms with Crippen LogP contribution in [0.5, 0.6) is 0 Å². The number of carbonyl (C=O) groups is 3. The predicted octanol–water partition coefficient (Wildman–Crippen LogP) is 0.416. The van der Waals surface area contributed by atoms with E-state index in [1.165, 1.54) is 0 Å². The van der Waals surface area contributed by atoms with Crippen LogP contribution in [0.2, 0.25) is 0 Å². The van der Waals surface area contributed by atoms with Crippen molar-refractivity contribution in [2.45, 2.75) is 70.7 Å². The quantitative estimate of drug-likeness (QED) is 0.407. The summed E-state index contributed by atoms with van der Waals surface area (Å²) in [5.41, 5.74) is -2.03. The zero-order chi connectivity index (χ0) is 26.3. The first kappa shape index (κ1) is 27.3. The molecule has 2 bridgehead atoms.